The largest absolute Gasteiger partial charge is 0.486 e. The number of benzene rings is 2. The van der Waals surface area contributed by atoms with Gasteiger partial charge in [-0.2, -0.15) is 0 Å². The summed E-state index contributed by atoms with van der Waals surface area (Å²) in [4.78, 5) is 14.5. The lowest BCUT2D eigenvalue weighted by Crippen LogP contribution is -2.39. The van der Waals surface area contributed by atoms with Crippen LogP contribution >= 0.6 is 15.9 Å². The quantitative estimate of drug-likeness (QED) is 0.825. The highest BCUT2D eigenvalue weighted by Crippen LogP contribution is 2.31. The molecule has 0 bridgehead atoms. The number of halogens is 1. The van der Waals surface area contributed by atoms with Crippen molar-refractivity contribution in [2.75, 3.05) is 25.6 Å². The molecular weight excluding hydrogens is 384 g/mol. The number of carbonyl (C=O) groups is 1. The Morgan fingerprint density at radius 3 is 2.56 bits per heavy atom. The standard InChI is InChI=1S/C19H21BrN2O3/c1-13(19(23)21-16-6-4-15(20)5-7-16)22(2)12-14-3-8-17-18(11-14)25-10-9-24-17/h3-8,11,13H,9-10,12H2,1-2H3,(H,21,23)/t13-/m0/s1. The minimum Gasteiger partial charge on any atom is -0.486 e. The fraction of sp³-hybridized carbons (Fsp3) is 0.316. The first-order chi connectivity index (χ1) is 12.0. The fourth-order valence-electron chi connectivity index (χ4n) is 2.59. The summed E-state index contributed by atoms with van der Waals surface area (Å²) < 4.78 is 12.1. The van der Waals surface area contributed by atoms with E-state index >= 15 is 0 Å². The summed E-state index contributed by atoms with van der Waals surface area (Å²) in [5.74, 6) is 1.50. The topological polar surface area (TPSA) is 50.8 Å². The zero-order valence-corrected chi connectivity index (χ0v) is 15.9. The molecule has 0 aromatic heterocycles. The van der Waals surface area contributed by atoms with E-state index in [1.165, 1.54) is 0 Å². The SMILES string of the molecule is C[C@@H](C(=O)Nc1ccc(Br)cc1)N(C)Cc1ccc2c(c1)OCCO2. The van der Waals surface area contributed by atoms with Crippen LogP contribution in [-0.2, 0) is 11.3 Å². The van der Waals surface area contributed by atoms with E-state index in [0.29, 0.717) is 19.8 Å². The Balaban J connectivity index is 1.60. The van der Waals surface area contributed by atoms with Crippen LogP contribution in [0.15, 0.2) is 46.9 Å². The zero-order valence-electron chi connectivity index (χ0n) is 14.3. The molecule has 132 valence electrons. The van der Waals surface area contributed by atoms with Crippen molar-refractivity contribution in [1.82, 2.24) is 4.90 Å². The smallest absolute Gasteiger partial charge is 0.241 e. The van der Waals surface area contributed by atoms with E-state index < -0.39 is 0 Å². The lowest BCUT2D eigenvalue weighted by atomic mass is 10.1. The molecule has 0 saturated carbocycles. The number of nitrogens with zero attached hydrogens (tertiary/aromatic N) is 1. The maximum Gasteiger partial charge on any atom is 0.241 e. The van der Waals surface area contributed by atoms with Crippen LogP contribution < -0.4 is 14.8 Å². The summed E-state index contributed by atoms with van der Waals surface area (Å²) in [6, 6.07) is 13.2. The molecule has 1 heterocycles. The molecule has 2 aromatic rings. The summed E-state index contributed by atoms with van der Waals surface area (Å²) in [7, 11) is 1.93. The molecule has 1 N–H and O–H groups in total. The molecule has 0 fully saturated rings. The molecular formula is C19H21BrN2O3. The van der Waals surface area contributed by atoms with Gasteiger partial charge in [-0.3, -0.25) is 9.69 Å². The second-order valence-electron chi connectivity index (χ2n) is 6.07. The van der Waals surface area contributed by atoms with E-state index in [1.807, 2.05) is 61.3 Å². The van der Waals surface area contributed by atoms with Crippen LogP contribution in [0.25, 0.3) is 0 Å². The number of likely N-dealkylation sites (N-methyl/N-ethyl adjacent to an activating group) is 1. The molecule has 0 aliphatic carbocycles. The van der Waals surface area contributed by atoms with Crippen molar-refractivity contribution >= 4 is 27.5 Å². The van der Waals surface area contributed by atoms with Gasteiger partial charge in [0, 0.05) is 16.7 Å². The Kier molecular flexibility index (Phi) is 5.60. The van der Waals surface area contributed by atoms with Gasteiger partial charge in [-0.25, -0.2) is 0 Å². The normalized spacial score (nSPS) is 14.2. The van der Waals surface area contributed by atoms with Crippen molar-refractivity contribution in [3.05, 3.63) is 52.5 Å². The number of carbonyl (C=O) groups excluding carboxylic acids is 1. The minimum absolute atomic E-state index is 0.0395. The van der Waals surface area contributed by atoms with Gasteiger partial charge in [0.2, 0.25) is 5.91 Å². The van der Waals surface area contributed by atoms with E-state index in [1.54, 1.807) is 0 Å². The van der Waals surface area contributed by atoms with Crippen molar-refractivity contribution in [3.8, 4) is 11.5 Å². The van der Waals surface area contributed by atoms with Crippen molar-refractivity contribution in [2.45, 2.75) is 19.5 Å². The average molecular weight is 405 g/mol. The Bertz CT molecular complexity index is 749. The van der Waals surface area contributed by atoms with Gasteiger partial charge < -0.3 is 14.8 Å². The van der Waals surface area contributed by atoms with Crippen LogP contribution in [0.3, 0.4) is 0 Å². The van der Waals surface area contributed by atoms with Crippen molar-refractivity contribution in [3.63, 3.8) is 0 Å². The summed E-state index contributed by atoms with van der Waals surface area (Å²) in [6.07, 6.45) is 0. The first-order valence-electron chi connectivity index (χ1n) is 8.18. The summed E-state index contributed by atoms with van der Waals surface area (Å²) in [5.41, 5.74) is 1.86. The molecule has 0 radical (unpaired) electrons. The minimum atomic E-state index is -0.267. The van der Waals surface area contributed by atoms with E-state index in [-0.39, 0.29) is 11.9 Å². The number of hydrogen-bond acceptors (Lipinski definition) is 4. The predicted octanol–water partition coefficient (Wildman–Crippen LogP) is 3.68. The third-order valence-corrected chi connectivity index (χ3v) is 4.72. The van der Waals surface area contributed by atoms with Gasteiger partial charge in [0.1, 0.15) is 13.2 Å². The van der Waals surface area contributed by atoms with Crippen molar-refractivity contribution < 1.29 is 14.3 Å². The monoisotopic (exact) mass is 404 g/mol. The maximum absolute atomic E-state index is 12.5. The molecule has 0 unspecified atom stereocenters. The first-order valence-corrected chi connectivity index (χ1v) is 8.97. The van der Waals surface area contributed by atoms with Gasteiger partial charge >= 0.3 is 0 Å². The molecule has 0 spiro atoms. The highest BCUT2D eigenvalue weighted by atomic mass is 79.9. The van der Waals surface area contributed by atoms with Gasteiger partial charge in [0.25, 0.3) is 0 Å². The van der Waals surface area contributed by atoms with Crippen LogP contribution in [-0.4, -0.2) is 37.1 Å². The lowest BCUT2D eigenvalue weighted by Gasteiger charge is -2.25. The van der Waals surface area contributed by atoms with Crippen LogP contribution in [0.5, 0.6) is 11.5 Å². The molecule has 2 aromatic carbocycles. The molecule has 3 rings (SSSR count). The number of rotatable bonds is 5. The summed E-state index contributed by atoms with van der Waals surface area (Å²) in [6.45, 7) is 3.69. The van der Waals surface area contributed by atoms with Gasteiger partial charge in [0.05, 0.1) is 6.04 Å². The van der Waals surface area contributed by atoms with Gasteiger partial charge in [-0.05, 0) is 55.9 Å². The Hall–Kier alpha value is -2.05. The Morgan fingerprint density at radius 1 is 1.16 bits per heavy atom. The number of nitrogens with one attached hydrogen (secondary N) is 1. The maximum atomic E-state index is 12.5. The molecule has 1 aliphatic heterocycles. The summed E-state index contributed by atoms with van der Waals surface area (Å²) in [5, 5.41) is 2.94. The molecule has 1 aliphatic rings. The zero-order chi connectivity index (χ0) is 17.8. The van der Waals surface area contributed by atoms with Crippen LogP contribution in [0.2, 0.25) is 0 Å². The number of ether oxygens (including phenoxy) is 2. The van der Waals surface area contributed by atoms with E-state index in [0.717, 1.165) is 27.2 Å². The second kappa shape index (κ2) is 7.89. The number of anilines is 1. The molecule has 25 heavy (non-hydrogen) atoms. The third-order valence-electron chi connectivity index (χ3n) is 4.19. The lowest BCUT2D eigenvalue weighted by molar-refractivity contribution is -0.120. The van der Waals surface area contributed by atoms with Crippen LogP contribution in [0, 0.1) is 0 Å². The van der Waals surface area contributed by atoms with Gasteiger partial charge in [-0.15, -0.1) is 0 Å². The predicted molar refractivity (Wildman–Crippen MR) is 101 cm³/mol. The van der Waals surface area contributed by atoms with Crippen molar-refractivity contribution in [2.24, 2.45) is 0 Å². The van der Waals surface area contributed by atoms with Gasteiger partial charge in [-0.1, -0.05) is 22.0 Å². The highest BCUT2D eigenvalue weighted by molar-refractivity contribution is 9.10. The average Bonchev–Trinajstić information content (AvgIpc) is 2.62. The van der Waals surface area contributed by atoms with Crippen molar-refractivity contribution in [1.29, 1.82) is 0 Å². The fourth-order valence-corrected chi connectivity index (χ4v) is 2.86. The summed E-state index contributed by atoms with van der Waals surface area (Å²) >= 11 is 3.39. The first kappa shape index (κ1) is 17.8. The van der Waals surface area contributed by atoms with E-state index in [4.69, 9.17) is 9.47 Å². The second-order valence-corrected chi connectivity index (χ2v) is 6.98. The molecule has 6 heteroatoms. The number of fused-ring (bicyclic) bond motifs is 1. The molecule has 0 saturated heterocycles. The molecule has 1 atom stereocenters. The number of amides is 1. The Labute approximate surface area is 156 Å². The molecule has 1 amide bonds. The number of hydrogen-bond donors (Lipinski definition) is 1. The highest BCUT2D eigenvalue weighted by Gasteiger charge is 2.19. The third kappa shape index (κ3) is 4.52. The Morgan fingerprint density at radius 2 is 1.84 bits per heavy atom. The van der Waals surface area contributed by atoms with Gasteiger partial charge in [0.15, 0.2) is 11.5 Å². The van der Waals surface area contributed by atoms with E-state index in [2.05, 4.69) is 21.2 Å². The molecule has 5 nitrogen and oxygen atoms in total. The van der Waals surface area contributed by atoms with Crippen LogP contribution in [0.4, 0.5) is 5.69 Å². The van der Waals surface area contributed by atoms with Crippen LogP contribution in [0.1, 0.15) is 12.5 Å². The van der Waals surface area contributed by atoms with E-state index in [9.17, 15) is 4.79 Å².